The zero-order valence-corrected chi connectivity index (χ0v) is 16.8. The maximum absolute atomic E-state index is 14.4. The summed E-state index contributed by atoms with van der Waals surface area (Å²) in [6, 6.07) is 3.73. The molecule has 5 fully saturated rings. The fourth-order valence-corrected chi connectivity index (χ4v) is 8.09. The monoisotopic (exact) mass is 406 g/mol. The minimum absolute atomic E-state index is 0.159. The lowest BCUT2D eigenvalue weighted by molar-refractivity contribution is -0.0167. The molecule has 1 aliphatic heterocycles. The lowest BCUT2D eigenvalue weighted by atomic mass is 9.53. The van der Waals surface area contributed by atoms with Crippen molar-refractivity contribution in [3.63, 3.8) is 0 Å². The highest BCUT2D eigenvalue weighted by Crippen LogP contribution is 2.55. The molecule has 4 saturated carbocycles. The van der Waals surface area contributed by atoms with Crippen molar-refractivity contribution in [2.75, 3.05) is 13.1 Å². The molecule has 1 aromatic rings. The van der Waals surface area contributed by atoms with Gasteiger partial charge in [-0.05, 0) is 87.3 Å². The fourth-order valence-electron chi connectivity index (χ4n) is 6.49. The van der Waals surface area contributed by atoms with Gasteiger partial charge in [0.1, 0.15) is 10.7 Å². The van der Waals surface area contributed by atoms with Gasteiger partial charge >= 0.3 is 0 Å². The van der Waals surface area contributed by atoms with Gasteiger partial charge in [-0.25, -0.2) is 12.8 Å². The van der Waals surface area contributed by atoms with Crippen molar-refractivity contribution in [1.29, 1.82) is 0 Å². The number of hydrogen-bond donors (Lipinski definition) is 1. The third-order valence-corrected chi connectivity index (χ3v) is 9.21. The average Bonchev–Trinajstić information content (AvgIpc) is 3.15. The number of nitrogens with one attached hydrogen (secondary N) is 1. The van der Waals surface area contributed by atoms with Gasteiger partial charge in [-0.2, -0.15) is 4.31 Å². The number of rotatable bonds is 4. The van der Waals surface area contributed by atoms with E-state index in [4.69, 9.17) is 0 Å². The Morgan fingerprint density at radius 1 is 1.04 bits per heavy atom. The summed E-state index contributed by atoms with van der Waals surface area (Å²) in [6.45, 7) is 0.816. The normalized spacial score (nSPS) is 34.7. The summed E-state index contributed by atoms with van der Waals surface area (Å²) in [5.41, 5.74) is 0.0729. The first-order valence-electron chi connectivity index (χ1n) is 10.5. The molecule has 4 bridgehead atoms. The average molecular weight is 407 g/mol. The molecule has 4 aliphatic carbocycles. The van der Waals surface area contributed by atoms with Crippen LogP contribution in [0.1, 0.15) is 61.7 Å². The van der Waals surface area contributed by atoms with Crippen molar-refractivity contribution < 1.29 is 17.6 Å². The van der Waals surface area contributed by atoms with E-state index in [2.05, 4.69) is 5.32 Å². The number of benzene rings is 1. The Hall–Kier alpha value is -1.47. The Morgan fingerprint density at radius 3 is 2.18 bits per heavy atom. The smallest absolute Gasteiger partial charge is 0.251 e. The molecule has 1 aromatic carbocycles. The third kappa shape index (κ3) is 3.07. The van der Waals surface area contributed by atoms with Crippen LogP contribution in [0, 0.1) is 23.6 Å². The molecule has 0 radical (unpaired) electrons. The predicted molar refractivity (Wildman–Crippen MR) is 103 cm³/mol. The van der Waals surface area contributed by atoms with Crippen LogP contribution >= 0.6 is 0 Å². The van der Waals surface area contributed by atoms with E-state index in [1.54, 1.807) is 0 Å². The van der Waals surface area contributed by atoms with Gasteiger partial charge in [0, 0.05) is 24.2 Å². The second-order valence-corrected chi connectivity index (χ2v) is 11.3. The molecule has 6 rings (SSSR count). The van der Waals surface area contributed by atoms with E-state index < -0.39 is 15.8 Å². The standard InChI is InChI=1S/C21H27FN2O3S/c22-18-4-3-17(10-19(18)28(26,27)24-5-1-2-6-24)20(25)23-21-11-14-7-15(12-21)9-16(8-14)13-21/h3-4,10,14-16H,1-2,5-9,11-13H2,(H,23,25). The molecule has 1 N–H and O–H groups in total. The number of carbonyl (C=O) groups excluding carboxylic acids is 1. The number of amides is 1. The molecule has 0 atom stereocenters. The Balaban J connectivity index is 1.40. The van der Waals surface area contributed by atoms with Gasteiger partial charge in [-0.1, -0.05) is 0 Å². The summed E-state index contributed by atoms with van der Waals surface area (Å²) >= 11 is 0. The number of carbonyl (C=O) groups is 1. The third-order valence-electron chi connectivity index (χ3n) is 7.29. The van der Waals surface area contributed by atoms with Crippen LogP contribution in [0.3, 0.4) is 0 Å². The topological polar surface area (TPSA) is 66.5 Å². The van der Waals surface area contributed by atoms with Crippen LogP contribution in [0.15, 0.2) is 23.1 Å². The van der Waals surface area contributed by atoms with Crippen molar-refractivity contribution in [1.82, 2.24) is 9.62 Å². The first-order chi connectivity index (χ1) is 13.3. The van der Waals surface area contributed by atoms with Crippen molar-refractivity contribution in [2.24, 2.45) is 17.8 Å². The molecular formula is C21H27FN2O3S. The largest absolute Gasteiger partial charge is 0.347 e. The Morgan fingerprint density at radius 2 is 1.61 bits per heavy atom. The second-order valence-electron chi connectivity index (χ2n) is 9.41. The van der Waals surface area contributed by atoms with Gasteiger partial charge in [-0.15, -0.1) is 0 Å². The quantitative estimate of drug-likeness (QED) is 0.834. The van der Waals surface area contributed by atoms with Crippen LogP contribution in [0.25, 0.3) is 0 Å². The van der Waals surface area contributed by atoms with Crippen LogP contribution in [-0.2, 0) is 10.0 Å². The number of sulfonamides is 1. The Bertz CT molecular complexity index is 873. The summed E-state index contributed by atoms with van der Waals surface area (Å²) in [7, 11) is -3.90. The van der Waals surface area contributed by atoms with E-state index in [9.17, 15) is 17.6 Å². The van der Waals surface area contributed by atoms with Crippen LogP contribution in [0.4, 0.5) is 4.39 Å². The van der Waals surface area contributed by atoms with E-state index in [1.165, 1.54) is 35.7 Å². The summed E-state index contributed by atoms with van der Waals surface area (Å²) in [5, 5.41) is 3.24. The highest BCUT2D eigenvalue weighted by atomic mass is 32.2. The van der Waals surface area contributed by atoms with Crippen molar-refractivity contribution in [3.8, 4) is 0 Å². The molecule has 1 heterocycles. The van der Waals surface area contributed by atoms with Gasteiger partial charge in [0.05, 0.1) is 0 Å². The molecule has 0 unspecified atom stereocenters. The zero-order chi connectivity index (χ0) is 19.5. The van der Waals surface area contributed by atoms with E-state index >= 15 is 0 Å². The van der Waals surface area contributed by atoms with E-state index in [0.717, 1.165) is 38.2 Å². The molecule has 152 valence electrons. The lowest BCUT2D eigenvalue weighted by Crippen LogP contribution is -2.59. The minimum Gasteiger partial charge on any atom is -0.347 e. The van der Waals surface area contributed by atoms with Gasteiger partial charge < -0.3 is 5.32 Å². The number of nitrogens with zero attached hydrogens (tertiary/aromatic N) is 1. The molecule has 1 saturated heterocycles. The molecule has 0 aromatic heterocycles. The first-order valence-corrected chi connectivity index (χ1v) is 11.9. The molecule has 1 amide bonds. The first kappa shape index (κ1) is 18.6. The van der Waals surface area contributed by atoms with Gasteiger partial charge in [0.25, 0.3) is 5.91 Å². The number of hydrogen-bond acceptors (Lipinski definition) is 3. The zero-order valence-electron chi connectivity index (χ0n) is 16.0. The van der Waals surface area contributed by atoms with Crippen LogP contribution in [0.2, 0.25) is 0 Å². The van der Waals surface area contributed by atoms with Crippen LogP contribution in [0.5, 0.6) is 0 Å². The maximum atomic E-state index is 14.4. The summed E-state index contributed by atoms with van der Waals surface area (Å²) in [6.07, 6.45) is 8.47. The van der Waals surface area contributed by atoms with Gasteiger partial charge in [-0.3, -0.25) is 4.79 Å². The SMILES string of the molecule is O=C(NC12CC3CC(CC(C3)C1)C2)c1ccc(F)c(S(=O)(=O)N2CCCC2)c1. The predicted octanol–water partition coefficient (Wildman–Crippen LogP) is 3.31. The molecule has 28 heavy (non-hydrogen) atoms. The van der Waals surface area contributed by atoms with E-state index in [0.29, 0.717) is 30.8 Å². The number of halogens is 1. The summed E-state index contributed by atoms with van der Waals surface area (Å²) in [5.74, 6) is 1.03. The molecule has 5 nitrogen and oxygen atoms in total. The molecule has 5 aliphatic rings. The maximum Gasteiger partial charge on any atom is 0.251 e. The fraction of sp³-hybridized carbons (Fsp3) is 0.667. The highest BCUT2D eigenvalue weighted by Gasteiger charge is 2.51. The van der Waals surface area contributed by atoms with Gasteiger partial charge in [0.15, 0.2) is 0 Å². The van der Waals surface area contributed by atoms with Crippen LogP contribution in [-0.4, -0.2) is 37.3 Å². The Kier molecular flexibility index (Phi) is 4.32. The molecule has 7 heteroatoms. The second kappa shape index (κ2) is 6.52. The molecular weight excluding hydrogens is 379 g/mol. The molecule has 0 spiro atoms. The van der Waals surface area contributed by atoms with Crippen molar-refractivity contribution in [3.05, 3.63) is 29.6 Å². The van der Waals surface area contributed by atoms with E-state index in [-0.39, 0.29) is 21.9 Å². The van der Waals surface area contributed by atoms with Gasteiger partial charge in [0.2, 0.25) is 10.0 Å². The van der Waals surface area contributed by atoms with Crippen molar-refractivity contribution in [2.45, 2.75) is 61.8 Å². The van der Waals surface area contributed by atoms with Crippen LogP contribution < -0.4 is 5.32 Å². The summed E-state index contributed by atoms with van der Waals surface area (Å²) < 4.78 is 41.3. The highest BCUT2D eigenvalue weighted by molar-refractivity contribution is 7.89. The Labute approximate surface area is 165 Å². The summed E-state index contributed by atoms with van der Waals surface area (Å²) in [4.78, 5) is 12.6. The van der Waals surface area contributed by atoms with Crippen molar-refractivity contribution >= 4 is 15.9 Å². The lowest BCUT2D eigenvalue weighted by Gasteiger charge is -2.56. The van der Waals surface area contributed by atoms with E-state index in [1.807, 2.05) is 0 Å². The minimum atomic E-state index is -3.90.